The molecule has 0 aliphatic heterocycles. The van der Waals surface area contributed by atoms with Crippen molar-refractivity contribution in [2.45, 2.75) is 13.5 Å². The highest BCUT2D eigenvalue weighted by Crippen LogP contribution is 2.10. The topological polar surface area (TPSA) is 30.5 Å². The first kappa shape index (κ1) is 14.9. The third-order valence-electron chi connectivity index (χ3n) is 2.56. The van der Waals surface area contributed by atoms with Gasteiger partial charge >= 0.3 is 0 Å². The Kier molecular flexibility index (Phi) is 7.34. The summed E-state index contributed by atoms with van der Waals surface area (Å²) < 4.78 is 10.1. The van der Waals surface area contributed by atoms with E-state index < -0.39 is 0 Å². The lowest BCUT2D eigenvalue weighted by Crippen LogP contribution is -2.20. The van der Waals surface area contributed by atoms with Crippen molar-refractivity contribution in [3.05, 3.63) is 41.0 Å². The molecule has 100 valence electrons. The van der Waals surface area contributed by atoms with Crippen molar-refractivity contribution in [2.75, 3.05) is 33.9 Å². The lowest BCUT2D eigenvalue weighted by molar-refractivity contribution is 0.185. The molecule has 1 rings (SSSR count). The normalized spacial score (nSPS) is 11.8. The number of rotatable bonds is 8. The number of benzene rings is 1. The Morgan fingerprint density at radius 3 is 2.83 bits per heavy atom. The van der Waals surface area contributed by atoms with Gasteiger partial charge in [0.05, 0.1) is 13.2 Å². The zero-order valence-corrected chi connectivity index (χ0v) is 11.5. The van der Waals surface area contributed by atoms with Crippen LogP contribution in [0.25, 0.3) is 6.08 Å². The van der Waals surface area contributed by atoms with Gasteiger partial charge in [0.1, 0.15) is 0 Å². The van der Waals surface area contributed by atoms with E-state index in [-0.39, 0.29) is 0 Å². The van der Waals surface area contributed by atoms with E-state index in [0.717, 1.165) is 19.7 Å². The summed E-state index contributed by atoms with van der Waals surface area (Å²) in [7, 11) is 3.43. The van der Waals surface area contributed by atoms with Crippen LogP contribution in [-0.2, 0) is 16.1 Å². The van der Waals surface area contributed by atoms with E-state index in [9.17, 15) is 0 Å². The number of hydrogen-bond donors (Lipinski definition) is 1. The highest BCUT2D eigenvalue weighted by atomic mass is 16.5. The lowest BCUT2D eigenvalue weighted by atomic mass is 10.1. The van der Waals surface area contributed by atoms with Gasteiger partial charge in [0.25, 0.3) is 0 Å². The molecule has 1 N–H and O–H groups in total. The Labute approximate surface area is 110 Å². The van der Waals surface area contributed by atoms with Crippen LogP contribution in [0.5, 0.6) is 0 Å². The second-order valence-electron chi connectivity index (χ2n) is 4.34. The summed E-state index contributed by atoms with van der Waals surface area (Å²) in [5.74, 6) is 0. The SMILES string of the molecule is COCCNCC(C)=Cc1cccc(COC)c1. The van der Waals surface area contributed by atoms with E-state index in [1.54, 1.807) is 14.2 Å². The number of methoxy groups -OCH3 is 2. The molecule has 0 spiro atoms. The van der Waals surface area contributed by atoms with Crippen molar-refractivity contribution in [3.8, 4) is 0 Å². The molecule has 0 saturated carbocycles. The lowest BCUT2D eigenvalue weighted by Gasteiger charge is -2.05. The summed E-state index contributed by atoms with van der Waals surface area (Å²) >= 11 is 0. The van der Waals surface area contributed by atoms with Crippen molar-refractivity contribution >= 4 is 6.08 Å². The number of ether oxygens (including phenoxy) is 2. The first-order chi connectivity index (χ1) is 8.76. The van der Waals surface area contributed by atoms with Gasteiger partial charge in [0, 0.05) is 27.3 Å². The fourth-order valence-electron chi connectivity index (χ4n) is 1.73. The average Bonchev–Trinajstić information content (AvgIpc) is 2.35. The van der Waals surface area contributed by atoms with Crippen LogP contribution in [0.15, 0.2) is 29.8 Å². The van der Waals surface area contributed by atoms with Crippen molar-refractivity contribution in [1.82, 2.24) is 5.32 Å². The summed E-state index contributed by atoms with van der Waals surface area (Å²) in [6.07, 6.45) is 2.19. The van der Waals surface area contributed by atoms with E-state index in [1.165, 1.54) is 16.7 Å². The standard InChI is InChI=1S/C15H23NO2/c1-13(11-16-7-8-17-2)9-14-5-4-6-15(10-14)12-18-3/h4-6,9-10,16H,7-8,11-12H2,1-3H3. The van der Waals surface area contributed by atoms with Crippen LogP contribution < -0.4 is 5.32 Å². The second kappa shape index (κ2) is 8.86. The van der Waals surface area contributed by atoms with Crippen LogP contribution in [0.3, 0.4) is 0 Å². The molecule has 3 heteroatoms. The van der Waals surface area contributed by atoms with Gasteiger partial charge in [0.15, 0.2) is 0 Å². The Bertz CT molecular complexity index is 375. The molecule has 0 aliphatic rings. The minimum Gasteiger partial charge on any atom is -0.383 e. The summed E-state index contributed by atoms with van der Waals surface area (Å²) in [6, 6.07) is 8.40. The van der Waals surface area contributed by atoms with E-state index >= 15 is 0 Å². The molecule has 0 amide bonds. The second-order valence-corrected chi connectivity index (χ2v) is 4.34. The summed E-state index contributed by atoms with van der Waals surface area (Å²) in [5, 5.41) is 3.33. The maximum absolute atomic E-state index is 5.13. The summed E-state index contributed by atoms with van der Waals surface area (Å²) in [5.41, 5.74) is 3.72. The van der Waals surface area contributed by atoms with E-state index in [0.29, 0.717) is 6.61 Å². The van der Waals surface area contributed by atoms with E-state index in [1.807, 2.05) is 0 Å². The van der Waals surface area contributed by atoms with Crippen molar-refractivity contribution in [3.63, 3.8) is 0 Å². The van der Waals surface area contributed by atoms with Gasteiger partial charge in [-0.3, -0.25) is 0 Å². The molecule has 0 fully saturated rings. The molecular formula is C15H23NO2. The van der Waals surface area contributed by atoms with Gasteiger partial charge in [-0.05, 0) is 24.1 Å². The zero-order chi connectivity index (χ0) is 13.2. The van der Waals surface area contributed by atoms with Crippen LogP contribution >= 0.6 is 0 Å². The fraction of sp³-hybridized carbons (Fsp3) is 0.467. The monoisotopic (exact) mass is 249 g/mol. The Balaban J connectivity index is 2.50. The van der Waals surface area contributed by atoms with Crippen LogP contribution in [-0.4, -0.2) is 33.9 Å². The number of hydrogen-bond acceptors (Lipinski definition) is 3. The molecule has 1 aromatic rings. The van der Waals surface area contributed by atoms with Gasteiger partial charge in [0.2, 0.25) is 0 Å². The summed E-state index contributed by atoms with van der Waals surface area (Å²) in [6.45, 7) is 5.30. The van der Waals surface area contributed by atoms with Crippen molar-refractivity contribution < 1.29 is 9.47 Å². The Hall–Kier alpha value is -1.16. The Morgan fingerprint density at radius 2 is 2.11 bits per heavy atom. The highest BCUT2D eigenvalue weighted by Gasteiger charge is 1.95. The maximum Gasteiger partial charge on any atom is 0.0713 e. The van der Waals surface area contributed by atoms with Crippen molar-refractivity contribution in [2.24, 2.45) is 0 Å². The molecule has 0 radical (unpaired) electrons. The highest BCUT2D eigenvalue weighted by molar-refractivity contribution is 5.53. The van der Waals surface area contributed by atoms with Gasteiger partial charge in [-0.15, -0.1) is 0 Å². The molecule has 0 aliphatic carbocycles. The van der Waals surface area contributed by atoms with E-state index in [4.69, 9.17) is 9.47 Å². The predicted octanol–water partition coefficient (Wildman–Crippen LogP) is 2.47. The molecule has 18 heavy (non-hydrogen) atoms. The van der Waals surface area contributed by atoms with Crippen LogP contribution in [0.1, 0.15) is 18.1 Å². The van der Waals surface area contributed by atoms with Gasteiger partial charge < -0.3 is 14.8 Å². The van der Waals surface area contributed by atoms with Crippen LogP contribution in [0.2, 0.25) is 0 Å². The summed E-state index contributed by atoms with van der Waals surface area (Å²) in [4.78, 5) is 0. The molecule has 0 saturated heterocycles. The predicted molar refractivity (Wildman–Crippen MR) is 75.6 cm³/mol. The van der Waals surface area contributed by atoms with Crippen LogP contribution in [0, 0.1) is 0 Å². The van der Waals surface area contributed by atoms with Crippen LogP contribution in [0.4, 0.5) is 0 Å². The first-order valence-corrected chi connectivity index (χ1v) is 6.21. The molecule has 0 heterocycles. The van der Waals surface area contributed by atoms with Crippen molar-refractivity contribution in [1.29, 1.82) is 0 Å². The minimum absolute atomic E-state index is 0.660. The molecular weight excluding hydrogens is 226 g/mol. The third kappa shape index (κ3) is 5.96. The molecule has 3 nitrogen and oxygen atoms in total. The quantitative estimate of drug-likeness (QED) is 0.718. The zero-order valence-electron chi connectivity index (χ0n) is 11.5. The molecule has 0 atom stereocenters. The molecule has 0 unspecified atom stereocenters. The Morgan fingerprint density at radius 1 is 1.28 bits per heavy atom. The van der Waals surface area contributed by atoms with Gasteiger partial charge in [-0.25, -0.2) is 0 Å². The minimum atomic E-state index is 0.660. The largest absolute Gasteiger partial charge is 0.383 e. The first-order valence-electron chi connectivity index (χ1n) is 6.21. The number of nitrogens with one attached hydrogen (secondary N) is 1. The molecule has 0 bridgehead atoms. The molecule has 0 aromatic heterocycles. The average molecular weight is 249 g/mol. The molecule has 1 aromatic carbocycles. The fourth-order valence-corrected chi connectivity index (χ4v) is 1.73. The van der Waals surface area contributed by atoms with Gasteiger partial charge in [-0.1, -0.05) is 29.8 Å². The third-order valence-corrected chi connectivity index (χ3v) is 2.56. The smallest absolute Gasteiger partial charge is 0.0713 e. The van der Waals surface area contributed by atoms with E-state index in [2.05, 4.69) is 42.6 Å². The maximum atomic E-state index is 5.13. The van der Waals surface area contributed by atoms with Gasteiger partial charge in [-0.2, -0.15) is 0 Å².